The second-order valence-corrected chi connectivity index (χ2v) is 9.79. The Bertz CT molecular complexity index is 926. The van der Waals surface area contributed by atoms with Crippen molar-refractivity contribution in [3.8, 4) is 0 Å². The van der Waals surface area contributed by atoms with E-state index in [0.717, 1.165) is 67.6 Å². The molecule has 4 rings (SSSR count). The standard InChI is InChI=1S/C24H29ClN4O2S/c25-19-7-9-20(10-8-19)32-22-6-2-1-5-21(22)26-23(30)17-27-13-15-28(16-14-27)18-24(31)29-11-3-4-12-29/h1-2,5-10H,3-4,11-18H2,(H,26,30). The fraction of sp³-hybridized carbons (Fsp3) is 0.417. The first kappa shape index (κ1) is 23.1. The minimum atomic E-state index is -0.0178. The average molecular weight is 473 g/mol. The molecule has 32 heavy (non-hydrogen) atoms. The number of nitrogens with one attached hydrogen (secondary N) is 1. The number of benzene rings is 2. The molecule has 2 fully saturated rings. The Balaban J connectivity index is 1.25. The molecule has 0 radical (unpaired) electrons. The van der Waals surface area contributed by atoms with Crippen molar-refractivity contribution in [3.05, 3.63) is 53.6 Å². The summed E-state index contributed by atoms with van der Waals surface area (Å²) in [6, 6.07) is 15.5. The van der Waals surface area contributed by atoms with Crippen LogP contribution in [0.4, 0.5) is 5.69 Å². The van der Waals surface area contributed by atoms with Crippen molar-refractivity contribution >= 4 is 40.9 Å². The van der Waals surface area contributed by atoms with Gasteiger partial charge in [0.15, 0.2) is 0 Å². The van der Waals surface area contributed by atoms with Crippen molar-refractivity contribution in [2.45, 2.75) is 22.6 Å². The number of para-hydroxylation sites is 1. The molecule has 6 nitrogen and oxygen atoms in total. The molecule has 0 bridgehead atoms. The van der Waals surface area contributed by atoms with Gasteiger partial charge in [0.1, 0.15) is 0 Å². The van der Waals surface area contributed by atoms with Crippen molar-refractivity contribution < 1.29 is 9.59 Å². The highest BCUT2D eigenvalue weighted by atomic mass is 35.5. The molecule has 0 saturated carbocycles. The number of carbonyl (C=O) groups excluding carboxylic acids is 2. The zero-order valence-corrected chi connectivity index (χ0v) is 19.7. The second kappa shape index (κ2) is 11.2. The zero-order valence-electron chi connectivity index (χ0n) is 18.1. The van der Waals surface area contributed by atoms with Crippen molar-refractivity contribution in [1.29, 1.82) is 0 Å². The van der Waals surface area contributed by atoms with Crippen LogP contribution in [-0.4, -0.2) is 78.9 Å². The average Bonchev–Trinajstić information content (AvgIpc) is 3.33. The van der Waals surface area contributed by atoms with E-state index < -0.39 is 0 Å². The number of nitrogens with zero attached hydrogens (tertiary/aromatic N) is 3. The van der Waals surface area contributed by atoms with E-state index in [1.165, 1.54) is 0 Å². The zero-order chi connectivity index (χ0) is 22.3. The van der Waals surface area contributed by atoms with Crippen molar-refractivity contribution in [2.24, 2.45) is 0 Å². The molecule has 0 aromatic heterocycles. The summed E-state index contributed by atoms with van der Waals surface area (Å²) in [5.41, 5.74) is 0.812. The van der Waals surface area contributed by atoms with Gasteiger partial charge in [-0.1, -0.05) is 35.5 Å². The van der Waals surface area contributed by atoms with Gasteiger partial charge in [-0.3, -0.25) is 19.4 Å². The Hall–Kier alpha value is -2.06. The molecule has 2 aliphatic heterocycles. The first-order valence-corrected chi connectivity index (χ1v) is 12.3. The summed E-state index contributed by atoms with van der Waals surface area (Å²) in [6.07, 6.45) is 2.24. The summed E-state index contributed by atoms with van der Waals surface area (Å²) >= 11 is 7.58. The molecular weight excluding hydrogens is 444 g/mol. The summed E-state index contributed by atoms with van der Waals surface area (Å²) in [7, 11) is 0. The Labute approximate surface area is 198 Å². The maximum atomic E-state index is 12.7. The van der Waals surface area contributed by atoms with E-state index in [1.807, 2.05) is 53.4 Å². The van der Waals surface area contributed by atoms with Crippen LogP contribution in [0.3, 0.4) is 0 Å². The molecule has 2 amide bonds. The Morgan fingerprint density at radius 3 is 2.16 bits per heavy atom. The molecule has 0 atom stereocenters. The smallest absolute Gasteiger partial charge is 0.238 e. The van der Waals surface area contributed by atoms with Crippen LogP contribution in [0, 0.1) is 0 Å². The van der Waals surface area contributed by atoms with E-state index >= 15 is 0 Å². The number of anilines is 1. The Morgan fingerprint density at radius 2 is 1.47 bits per heavy atom. The van der Waals surface area contributed by atoms with Crippen LogP contribution in [0.2, 0.25) is 5.02 Å². The van der Waals surface area contributed by atoms with Gasteiger partial charge in [-0.25, -0.2) is 0 Å². The summed E-state index contributed by atoms with van der Waals surface area (Å²) in [5, 5.41) is 3.77. The van der Waals surface area contributed by atoms with Crippen LogP contribution in [0.5, 0.6) is 0 Å². The predicted molar refractivity (Wildman–Crippen MR) is 129 cm³/mol. The Morgan fingerprint density at radius 1 is 0.844 bits per heavy atom. The summed E-state index contributed by atoms with van der Waals surface area (Å²) in [4.78, 5) is 33.4. The second-order valence-electron chi connectivity index (χ2n) is 8.24. The molecule has 2 aliphatic rings. The highest BCUT2D eigenvalue weighted by Crippen LogP contribution is 2.33. The third-order valence-electron chi connectivity index (χ3n) is 5.85. The Kier molecular flexibility index (Phi) is 8.08. The minimum Gasteiger partial charge on any atom is -0.342 e. The number of hydrogen-bond acceptors (Lipinski definition) is 5. The molecule has 0 unspecified atom stereocenters. The topological polar surface area (TPSA) is 55.9 Å². The number of amides is 2. The van der Waals surface area contributed by atoms with Gasteiger partial charge in [0.05, 0.1) is 18.8 Å². The summed E-state index contributed by atoms with van der Waals surface area (Å²) in [5.74, 6) is 0.222. The minimum absolute atomic E-state index is 0.0178. The fourth-order valence-corrected chi connectivity index (χ4v) is 5.07. The molecule has 0 aliphatic carbocycles. The van der Waals surface area contributed by atoms with Crippen LogP contribution in [0.1, 0.15) is 12.8 Å². The first-order valence-electron chi connectivity index (χ1n) is 11.1. The number of likely N-dealkylation sites (tertiary alicyclic amines) is 1. The largest absolute Gasteiger partial charge is 0.342 e. The predicted octanol–water partition coefficient (Wildman–Crippen LogP) is 3.67. The highest BCUT2D eigenvalue weighted by molar-refractivity contribution is 7.99. The summed E-state index contributed by atoms with van der Waals surface area (Å²) < 4.78 is 0. The lowest BCUT2D eigenvalue weighted by Gasteiger charge is -2.34. The van der Waals surface area contributed by atoms with E-state index in [-0.39, 0.29) is 11.8 Å². The molecule has 1 N–H and O–H groups in total. The van der Waals surface area contributed by atoms with E-state index in [2.05, 4.69) is 15.1 Å². The van der Waals surface area contributed by atoms with Gasteiger partial charge in [-0.2, -0.15) is 0 Å². The third kappa shape index (κ3) is 6.48. The normalized spacial score (nSPS) is 17.5. The van der Waals surface area contributed by atoms with Gasteiger partial charge >= 0.3 is 0 Å². The van der Waals surface area contributed by atoms with Gasteiger partial charge < -0.3 is 10.2 Å². The van der Waals surface area contributed by atoms with Crippen LogP contribution in [0.15, 0.2) is 58.3 Å². The molecule has 2 heterocycles. The molecular formula is C24H29ClN4O2S. The lowest BCUT2D eigenvalue weighted by atomic mass is 10.3. The maximum Gasteiger partial charge on any atom is 0.238 e. The number of rotatable bonds is 7. The number of hydrogen-bond donors (Lipinski definition) is 1. The fourth-order valence-electron chi connectivity index (χ4n) is 4.04. The number of halogens is 1. The van der Waals surface area contributed by atoms with E-state index in [0.29, 0.717) is 18.1 Å². The van der Waals surface area contributed by atoms with Gasteiger partial charge in [-0.15, -0.1) is 0 Å². The molecule has 2 saturated heterocycles. The van der Waals surface area contributed by atoms with Crippen molar-refractivity contribution in [2.75, 3.05) is 57.7 Å². The number of piperazine rings is 1. The third-order valence-corrected chi connectivity index (χ3v) is 7.19. The van der Waals surface area contributed by atoms with E-state index in [1.54, 1.807) is 11.8 Å². The molecule has 0 spiro atoms. The van der Waals surface area contributed by atoms with Crippen LogP contribution < -0.4 is 5.32 Å². The lowest BCUT2D eigenvalue weighted by Crippen LogP contribution is -2.51. The van der Waals surface area contributed by atoms with E-state index in [9.17, 15) is 9.59 Å². The quantitative estimate of drug-likeness (QED) is 0.666. The van der Waals surface area contributed by atoms with Crippen molar-refractivity contribution in [3.63, 3.8) is 0 Å². The SMILES string of the molecule is O=C(CN1CCN(CC(=O)N2CCCC2)CC1)Nc1ccccc1Sc1ccc(Cl)cc1. The van der Waals surface area contributed by atoms with Gasteiger partial charge in [0.25, 0.3) is 0 Å². The van der Waals surface area contributed by atoms with Crippen molar-refractivity contribution in [1.82, 2.24) is 14.7 Å². The monoisotopic (exact) mass is 472 g/mol. The molecule has 2 aromatic carbocycles. The molecule has 170 valence electrons. The van der Waals surface area contributed by atoms with Crippen LogP contribution in [0.25, 0.3) is 0 Å². The van der Waals surface area contributed by atoms with Crippen LogP contribution in [-0.2, 0) is 9.59 Å². The van der Waals surface area contributed by atoms with Gasteiger partial charge in [0, 0.05) is 54.1 Å². The summed E-state index contributed by atoms with van der Waals surface area (Å²) in [6.45, 7) is 5.87. The molecule has 2 aromatic rings. The maximum absolute atomic E-state index is 12.7. The van der Waals surface area contributed by atoms with Gasteiger partial charge in [-0.05, 0) is 49.2 Å². The van der Waals surface area contributed by atoms with E-state index in [4.69, 9.17) is 11.6 Å². The lowest BCUT2D eigenvalue weighted by molar-refractivity contribution is -0.132. The highest BCUT2D eigenvalue weighted by Gasteiger charge is 2.24. The first-order chi connectivity index (χ1) is 15.6. The van der Waals surface area contributed by atoms with Crippen LogP contribution >= 0.6 is 23.4 Å². The van der Waals surface area contributed by atoms with Gasteiger partial charge in [0.2, 0.25) is 11.8 Å². The number of carbonyl (C=O) groups is 2. The molecule has 8 heteroatoms.